The monoisotopic (exact) mass is 318 g/mol. The van der Waals surface area contributed by atoms with Gasteiger partial charge < -0.3 is 9.47 Å². The molecule has 0 amide bonds. The van der Waals surface area contributed by atoms with Crippen LogP contribution in [0.25, 0.3) is 0 Å². The van der Waals surface area contributed by atoms with E-state index in [0.29, 0.717) is 11.8 Å². The van der Waals surface area contributed by atoms with Crippen LogP contribution in [0.3, 0.4) is 0 Å². The van der Waals surface area contributed by atoms with E-state index in [1.807, 2.05) is 0 Å². The van der Waals surface area contributed by atoms with E-state index in [-0.39, 0.29) is 12.5 Å². The number of benzene rings is 1. The lowest BCUT2D eigenvalue weighted by Crippen LogP contribution is -2.10. The van der Waals surface area contributed by atoms with Gasteiger partial charge in [0.2, 0.25) is 11.2 Å². The molecule has 0 aliphatic rings. The number of alkyl halides is 3. The zero-order valence-electron chi connectivity index (χ0n) is 10.8. The van der Waals surface area contributed by atoms with Gasteiger partial charge >= 0.3 is 6.18 Å². The number of ether oxygens (including phenoxy) is 2. The predicted octanol–water partition coefficient (Wildman–Crippen LogP) is 3.74. The third kappa shape index (κ3) is 4.22. The minimum Gasteiger partial charge on any atom is -0.497 e. The lowest BCUT2D eigenvalue weighted by molar-refractivity contribution is -0.141. The third-order valence-corrected chi connectivity index (χ3v) is 2.66. The molecule has 0 aliphatic heterocycles. The standard InChI is InChI=1S/C13H10ClF3N2O2/c1-20-9-4-2-3-8(5-9)7-21-11-6-10(13(15,16)17)18-12(14)19-11/h2-6H,7H2,1H3. The molecule has 2 aromatic rings. The molecule has 0 unspecified atom stereocenters. The zero-order chi connectivity index (χ0) is 15.5. The Balaban J connectivity index is 2.14. The molecule has 112 valence electrons. The Morgan fingerprint density at radius 2 is 1.95 bits per heavy atom. The molecule has 0 saturated heterocycles. The maximum Gasteiger partial charge on any atom is 0.433 e. The fourth-order valence-corrected chi connectivity index (χ4v) is 1.71. The van der Waals surface area contributed by atoms with E-state index in [4.69, 9.17) is 21.1 Å². The largest absolute Gasteiger partial charge is 0.497 e. The zero-order valence-corrected chi connectivity index (χ0v) is 11.6. The van der Waals surface area contributed by atoms with Crippen molar-refractivity contribution in [2.75, 3.05) is 7.11 Å². The molecule has 8 heteroatoms. The quantitative estimate of drug-likeness (QED) is 0.806. The highest BCUT2D eigenvalue weighted by Gasteiger charge is 2.33. The van der Waals surface area contributed by atoms with Crippen LogP contribution in [0.4, 0.5) is 13.2 Å². The molecule has 1 heterocycles. The number of halogens is 4. The molecule has 21 heavy (non-hydrogen) atoms. The van der Waals surface area contributed by atoms with Crippen LogP contribution >= 0.6 is 11.6 Å². The van der Waals surface area contributed by atoms with Gasteiger partial charge in [0.05, 0.1) is 7.11 Å². The SMILES string of the molecule is COc1cccc(COc2cc(C(F)(F)F)nc(Cl)n2)c1. The van der Waals surface area contributed by atoms with Crippen LogP contribution < -0.4 is 9.47 Å². The molecule has 0 aliphatic carbocycles. The highest BCUT2D eigenvalue weighted by atomic mass is 35.5. The Kier molecular flexibility index (Phi) is 4.52. The number of hydrogen-bond donors (Lipinski definition) is 0. The van der Waals surface area contributed by atoms with Crippen molar-refractivity contribution in [1.29, 1.82) is 0 Å². The van der Waals surface area contributed by atoms with Crippen LogP contribution in [0.5, 0.6) is 11.6 Å². The van der Waals surface area contributed by atoms with Crippen LogP contribution in [0.2, 0.25) is 5.28 Å². The average Bonchev–Trinajstić information content (AvgIpc) is 2.44. The summed E-state index contributed by atoms with van der Waals surface area (Å²) in [7, 11) is 1.51. The van der Waals surface area contributed by atoms with Gasteiger partial charge in [-0.2, -0.15) is 18.2 Å². The highest BCUT2D eigenvalue weighted by Crippen LogP contribution is 2.30. The molecule has 0 N–H and O–H groups in total. The maximum absolute atomic E-state index is 12.6. The number of aromatic nitrogens is 2. The van der Waals surface area contributed by atoms with Gasteiger partial charge in [0, 0.05) is 6.07 Å². The Hall–Kier alpha value is -2.02. The van der Waals surface area contributed by atoms with Crippen LogP contribution in [0, 0.1) is 0 Å². The van der Waals surface area contributed by atoms with E-state index in [9.17, 15) is 13.2 Å². The summed E-state index contributed by atoms with van der Waals surface area (Å²) in [6.07, 6.45) is -4.61. The summed E-state index contributed by atoms with van der Waals surface area (Å²) in [6.45, 7) is 0.0296. The normalized spacial score (nSPS) is 11.3. The van der Waals surface area contributed by atoms with Crippen molar-refractivity contribution in [3.63, 3.8) is 0 Å². The molecular weight excluding hydrogens is 309 g/mol. The van der Waals surface area contributed by atoms with Gasteiger partial charge in [-0.1, -0.05) is 12.1 Å². The minimum absolute atomic E-state index is 0.0296. The minimum atomic E-state index is -4.61. The van der Waals surface area contributed by atoms with E-state index in [1.165, 1.54) is 7.11 Å². The first-order valence-corrected chi connectivity index (χ1v) is 6.14. The Morgan fingerprint density at radius 1 is 1.19 bits per heavy atom. The lowest BCUT2D eigenvalue weighted by atomic mass is 10.2. The second-order valence-corrected chi connectivity index (χ2v) is 4.34. The Bertz CT molecular complexity index is 635. The molecular formula is C13H10ClF3N2O2. The summed E-state index contributed by atoms with van der Waals surface area (Å²) in [4.78, 5) is 6.72. The molecule has 0 fully saturated rings. The van der Waals surface area contributed by atoms with E-state index in [0.717, 1.165) is 5.56 Å². The van der Waals surface area contributed by atoms with Crippen LogP contribution in [0.1, 0.15) is 11.3 Å². The first-order valence-electron chi connectivity index (χ1n) is 5.76. The Labute approximate surface area is 123 Å². The summed E-state index contributed by atoms with van der Waals surface area (Å²) in [5.41, 5.74) is -0.430. The van der Waals surface area contributed by atoms with Crippen molar-refractivity contribution in [2.45, 2.75) is 12.8 Å². The van der Waals surface area contributed by atoms with Crippen LogP contribution in [-0.2, 0) is 12.8 Å². The van der Waals surface area contributed by atoms with Crippen LogP contribution in [-0.4, -0.2) is 17.1 Å². The highest BCUT2D eigenvalue weighted by molar-refractivity contribution is 6.28. The number of hydrogen-bond acceptors (Lipinski definition) is 4. The number of methoxy groups -OCH3 is 1. The number of nitrogens with zero attached hydrogens (tertiary/aromatic N) is 2. The molecule has 0 atom stereocenters. The first-order chi connectivity index (χ1) is 9.88. The van der Waals surface area contributed by atoms with Crippen molar-refractivity contribution in [3.8, 4) is 11.6 Å². The average molecular weight is 319 g/mol. The van der Waals surface area contributed by atoms with E-state index < -0.39 is 17.2 Å². The smallest absolute Gasteiger partial charge is 0.433 e. The van der Waals surface area contributed by atoms with Crippen LogP contribution in [0.15, 0.2) is 30.3 Å². The molecule has 4 nitrogen and oxygen atoms in total. The molecule has 0 bridgehead atoms. The van der Waals surface area contributed by atoms with Gasteiger partial charge in [0.1, 0.15) is 12.4 Å². The van der Waals surface area contributed by atoms with Crippen molar-refractivity contribution < 1.29 is 22.6 Å². The maximum atomic E-state index is 12.6. The predicted molar refractivity (Wildman–Crippen MR) is 69.4 cm³/mol. The van der Waals surface area contributed by atoms with Gasteiger partial charge in [-0.15, -0.1) is 0 Å². The van der Waals surface area contributed by atoms with Gasteiger partial charge in [0.15, 0.2) is 5.69 Å². The van der Waals surface area contributed by atoms with E-state index in [1.54, 1.807) is 24.3 Å². The van der Waals surface area contributed by atoms with E-state index in [2.05, 4.69) is 9.97 Å². The Morgan fingerprint density at radius 3 is 2.62 bits per heavy atom. The number of rotatable bonds is 4. The summed E-state index contributed by atoms with van der Waals surface area (Å²) in [5, 5.41) is -0.523. The topological polar surface area (TPSA) is 44.2 Å². The fourth-order valence-electron chi connectivity index (χ4n) is 1.54. The van der Waals surface area contributed by atoms with Crippen molar-refractivity contribution in [1.82, 2.24) is 9.97 Å². The molecule has 0 spiro atoms. The van der Waals surface area contributed by atoms with Crippen molar-refractivity contribution in [3.05, 3.63) is 46.9 Å². The first kappa shape index (κ1) is 15.4. The third-order valence-electron chi connectivity index (χ3n) is 2.49. The lowest BCUT2D eigenvalue weighted by Gasteiger charge is -2.10. The van der Waals surface area contributed by atoms with E-state index >= 15 is 0 Å². The molecule has 0 radical (unpaired) electrons. The van der Waals surface area contributed by atoms with Gasteiger partial charge in [-0.25, -0.2) is 4.98 Å². The molecule has 1 aromatic carbocycles. The molecule has 1 aromatic heterocycles. The van der Waals surface area contributed by atoms with Gasteiger partial charge in [-0.05, 0) is 29.3 Å². The second kappa shape index (κ2) is 6.17. The van der Waals surface area contributed by atoms with Crippen molar-refractivity contribution >= 4 is 11.6 Å². The van der Waals surface area contributed by atoms with Gasteiger partial charge in [0.25, 0.3) is 0 Å². The molecule has 0 saturated carbocycles. The summed E-state index contributed by atoms with van der Waals surface area (Å²) < 4.78 is 48.0. The van der Waals surface area contributed by atoms with Gasteiger partial charge in [-0.3, -0.25) is 0 Å². The summed E-state index contributed by atoms with van der Waals surface area (Å²) >= 11 is 5.46. The second-order valence-electron chi connectivity index (χ2n) is 4.00. The fraction of sp³-hybridized carbons (Fsp3) is 0.231. The van der Waals surface area contributed by atoms with Crippen molar-refractivity contribution in [2.24, 2.45) is 0 Å². The molecule has 2 rings (SSSR count). The summed E-state index contributed by atoms with van der Waals surface area (Å²) in [6, 6.07) is 7.63. The summed E-state index contributed by atoms with van der Waals surface area (Å²) in [5.74, 6) is 0.373.